The molecular weight excluding hydrogens is 448 g/mol. The van der Waals surface area contributed by atoms with E-state index in [1.165, 1.54) is 26.6 Å². The molecule has 0 radical (unpaired) electrons. The summed E-state index contributed by atoms with van der Waals surface area (Å²) >= 11 is 0. The molecule has 3 aromatic rings. The second kappa shape index (κ2) is 11.1. The van der Waals surface area contributed by atoms with Crippen molar-refractivity contribution < 1.29 is 33.3 Å². The number of rotatable bonds is 9. The van der Waals surface area contributed by atoms with E-state index in [0.29, 0.717) is 28.4 Å². The van der Waals surface area contributed by atoms with Gasteiger partial charge in [-0.1, -0.05) is 48.5 Å². The van der Waals surface area contributed by atoms with E-state index in [1.807, 2.05) is 36.4 Å². The molecule has 1 aliphatic rings. The third-order valence-electron chi connectivity index (χ3n) is 5.29. The van der Waals surface area contributed by atoms with E-state index in [9.17, 15) is 9.59 Å². The minimum Gasteiger partial charge on any atom is -0.503 e. The van der Waals surface area contributed by atoms with Crippen molar-refractivity contribution in [3.8, 4) is 17.2 Å². The Morgan fingerprint density at radius 2 is 1.77 bits per heavy atom. The van der Waals surface area contributed by atoms with Crippen molar-refractivity contribution in [2.45, 2.75) is 6.61 Å². The van der Waals surface area contributed by atoms with Crippen LogP contribution >= 0.6 is 0 Å². The Morgan fingerprint density at radius 3 is 2.60 bits per heavy atom. The summed E-state index contributed by atoms with van der Waals surface area (Å²) in [6.07, 6.45) is 4.57. The molecule has 178 valence electrons. The van der Waals surface area contributed by atoms with Gasteiger partial charge in [-0.25, -0.2) is 4.79 Å². The van der Waals surface area contributed by atoms with Crippen molar-refractivity contribution >= 4 is 23.4 Å². The van der Waals surface area contributed by atoms with Crippen LogP contribution in [0.25, 0.3) is 11.6 Å². The summed E-state index contributed by atoms with van der Waals surface area (Å²) in [7, 11) is 2.78. The van der Waals surface area contributed by atoms with Gasteiger partial charge in [-0.05, 0) is 47.0 Å². The van der Waals surface area contributed by atoms with Crippen LogP contribution in [-0.4, -0.2) is 32.8 Å². The third kappa shape index (κ3) is 5.70. The van der Waals surface area contributed by atoms with Gasteiger partial charge >= 0.3 is 5.97 Å². The van der Waals surface area contributed by atoms with Gasteiger partial charge in [0, 0.05) is 5.56 Å². The number of carbonyl (C=O) groups excluding carboxylic acids is 2. The Morgan fingerprint density at radius 1 is 0.943 bits per heavy atom. The van der Waals surface area contributed by atoms with Gasteiger partial charge in [0.2, 0.25) is 6.79 Å². The molecule has 7 nitrogen and oxygen atoms in total. The lowest BCUT2D eigenvalue weighted by Gasteiger charge is -2.13. The topological polar surface area (TPSA) is 80.3 Å². The maximum atomic E-state index is 12.7. The molecule has 0 N–H and O–H groups in total. The Kier molecular flexibility index (Phi) is 7.47. The molecule has 7 heteroatoms. The number of hydrogen-bond acceptors (Lipinski definition) is 7. The summed E-state index contributed by atoms with van der Waals surface area (Å²) in [5, 5.41) is 0. The van der Waals surface area contributed by atoms with Gasteiger partial charge in [-0.2, -0.15) is 0 Å². The van der Waals surface area contributed by atoms with Gasteiger partial charge in [-0.3, -0.25) is 4.79 Å². The maximum Gasteiger partial charge on any atom is 0.341 e. The SMILES string of the molecule is CO/C=C(/C(=O)OC)c1ccccc1COc1cccc(C(=O)/C=C/c2ccc3c(c2)OCO3)c1. The fourth-order valence-corrected chi connectivity index (χ4v) is 3.54. The van der Waals surface area contributed by atoms with Gasteiger partial charge in [0.15, 0.2) is 17.3 Å². The Bertz CT molecular complexity index is 1290. The molecule has 0 spiro atoms. The first kappa shape index (κ1) is 23.6. The lowest BCUT2D eigenvalue weighted by atomic mass is 10.0. The largest absolute Gasteiger partial charge is 0.503 e. The summed E-state index contributed by atoms with van der Waals surface area (Å²) in [6.45, 7) is 0.379. The van der Waals surface area contributed by atoms with Crippen LogP contribution in [0.2, 0.25) is 0 Å². The minimum atomic E-state index is -0.513. The standard InChI is InChI=1S/C28H24O7/c1-31-17-24(28(30)32-2)23-9-4-3-6-21(23)16-33-22-8-5-7-20(15-22)25(29)12-10-19-11-13-26-27(14-19)35-18-34-26/h3-15,17H,16,18H2,1-2H3/b12-10+,24-17+. The first-order valence-corrected chi connectivity index (χ1v) is 10.8. The highest BCUT2D eigenvalue weighted by Crippen LogP contribution is 2.33. The van der Waals surface area contributed by atoms with Crippen LogP contribution < -0.4 is 14.2 Å². The minimum absolute atomic E-state index is 0.162. The van der Waals surface area contributed by atoms with E-state index >= 15 is 0 Å². The summed E-state index contributed by atoms with van der Waals surface area (Å²) in [6, 6.07) is 19.7. The third-order valence-corrected chi connectivity index (χ3v) is 5.29. The second-order valence-corrected chi connectivity index (χ2v) is 7.54. The molecule has 0 unspecified atom stereocenters. The smallest absolute Gasteiger partial charge is 0.341 e. The lowest BCUT2D eigenvalue weighted by molar-refractivity contribution is -0.133. The van der Waals surface area contributed by atoms with Crippen LogP contribution in [0, 0.1) is 0 Å². The highest BCUT2D eigenvalue weighted by atomic mass is 16.7. The molecule has 4 rings (SSSR count). The van der Waals surface area contributed by atoms with Crippen LogP contribution in [0.1, 0.15) is 27.0 Å². The number of fused-ring (bicyclic) bond motifs is 1. The van der Waals surface area contributed by atoms with Crippen LogP contribution in [0.15, 0.2) is 79.1 Å². The number of benzene rings is 3. The lowest BCUT2D eigenvalue weighted by Crippen LogP contribution is -2.08. The predicted octanol–water partition coefficient (Wildman–Crippen LogP) is 5.05. The molecule has 0 fully saturated rings. The molecule has 0 saturated carbocycles. The Balaban J connectivity index is 1.46. The molecule has 0 atom stereocenters. The molecule has 0 aliphatic carbocycles. The summed E-state index contributed by atoms with van der Waals surface area (Å²) < 4.78 is 26.6. The number of hydrogen-bond donors (Lipinski definition) is 0. The predicted molar refractivity (Wildman–Crippen MR) is 130 cm³/mol. The Hall–Kier alpha value is -4.52. The first-order chi connectivity index (χ1) is 17.1. The number of esters is 1. The average molecular weight is 472 g/mol. The highest BCUT2D eigenvalue weighted by Gasteiger charge is 2.17. The van der Waals surface area contributed by atoms with E-state index in [1.54, 1.807) is 36.4 Å². The zero-order valence-corrected chi connectivity index (χ0v) is 19.4. The van der Waals surface area contributed by atoms with Crippen molar-refractivity contribution in [3.63, 3.8) is 0 Å². The van der Waals surface area contributed by atoms with E-state index in [4.69, 9.17) is 23.7 Å². The average Bonchev–Trinajstić information content (AvgIpc) is 3.37. The fraction of sp³-hybridized carbons (Fsp3) is 0.143. The van der Waals surface area contributed by atoms with Crippen molar-refractivity contribution in [2.75, 3.05) is 21.0 Å². The molecule has 0 amide bonds. The molecule has 0 bridgehead atoms. The van der Waals surface area contributed by atoms with Crippen LogP contribution in [0.4, 0.5) is 0 Å². The van der Waals surface area contributed by atoms with Gasteiger partial charge in [0.25, 0.3) is 0 Å². The van der Waals surface area contributed by atoms with E-state index in [0.717, 1.165) is 11.1 Å². The molecule has 3 aromatic carbocycles. The maximum absolute atomic E-state index is 12.7. The molecular formula is C28H24O7. The van der Waals surface area contributed by atoms with Gasteiger partial charge in [-0.15, -0.1) is 0 Å². The van der Waals surface area contributed by atoms with Crippen LogP contribution in [0.5, 0.6) is 17.2 Å². The van der Waals surface area contributed by atoms with E-state index in [2.05, 4.69) is 0 Å². The summed E-state index contributed by atoms with van der Waals surface area (Å²) in [5.41, 5.74) is 3.01. The number of methoxy groups -OCH3 is 2. The molecule has 1 aliphatic heterocycles. The van der Waals surface area contributed by atoms with Crippen molar-refractivity contribution in [1.82, 2.24) is 0 Å². The van der Waals surface area contributed by atoms with Crippen molar-refractivity contribution in [1.29, 1.82) is 0 Å². The molecule has 0 aromatic heterocycles. The normalized spacial score (nSPS) is 12.5. The molecule has 0 saturated heterocycles. The molecule has 35 heavy (non-hydrogen) atoms. The fourth-order valence-electron chi connectivity index (χ4n) is 3.54. The zero-order valence-electron chi connectivity index (χ0n) is 19.4. The zero-order chi connectivity index (χ0) is 24.6. The van der Waals surface area contributed by atoms with Crippen molar-refractivity contribution in [2.24, 2.45) is 0 Å². The number of carbonyl (C=O) groups is 2. The summed E-state index contributed by atoms with van der Waals surface area (Å²) in [4.78, 5) is 24.9. The summed E-state index contributed by atoms with van der Waals surface area (Å²) in [5.74, 6) is 1.20. The Labute approximate surface area is 203 Å². The van der Waals surface area contributed by atoms with Crippen LogP contribution in [0.3, 0.4) is 0 Å². The van der Waals surface area contributed by atoms with E-state index in [-0.39, 0.29) is 24.8 Å². The van der Waals surface area contributed by atoms with Gasteiger partial charge in [0.05, 0.1) is 20.5 Å². The van der Waals surface area contributed by atoms with Gasteiger partial charge < -0.3 is 23.7 Å². The number of ketones is 1. The first-order valence-electron chi connectivity index (χ1n) is 10.8. The van der Waals surface area contributed by atoms with Gasteiger partial charge in [0.1, 0.15) is 17.9 Å². The number of ether oxygens (including phenoxy) is 5. The monoisotopic (exact) mass is 472 g/mol. The molecule has 1 heterocycles. The highest BCUT2D eigenvalue weighted by molar-refractivity contribution is 6.16. The van der Waals surface area contributed by atoms with Crippen molar-refractivity contribution in [3.05, 3.63) is 101 Å². The van der Waals surface area contributed by atoms with E-state index < -0.39 is 5.97 Å². The second-order valence-electron chi connectivity index (χ2n) is 7.54. The number of allylic oxidation sites excluding steroid dienone is 1. The quantitative estimate of drug-likeness (QED) is 0.187. The van der Waals surface area contributed by atoms with Crippen LogP contribution in [-0.2, 0) is 20.9 Å².